The van der Waals surface area contributed by atoms with Gasteiger partial charge in [0.05, 0.1) is 37.2 Å². The molecule has 1 heterocycles. The van der Waals surface area contributed by atoms with Crippen molar-refractivity contribution < 1.29 is 32.2 Å². The Morgan fingerprint density at radius 3 is 2.29 bits per heavy atom. The van der Waals surface area contributed by atoms with E-state index in [0.29, 0.717) is 18.8 Å². The summed E-state index contributed by atoms with van der Waals surface area (Å²) < 4.78 is 48.7. The molecule has 0 aliphatic carbocycles. The summed E-state index contributed by atoms with van der Waals surface area (Å²) in [5.41, 5.74) is -0.681. The van der Waals surface area contributed by atoms with Crippen molar-refractivity contribution in [1.82, 2.24) is 4.90 Å². The van der Waals surface area contributed by atoms with Gasteiger partial charge in [-0.2, -0.15) is 13.2 Å². The van der Waals surface area contributed by atoms with Crippen molar-refractivity contribution in [1.29, 1.82) is 0 Å². The predicted octanol–water partition coefficient (Wildman–Crippen LogP) is 2.10. The summed E-state index contributed by atoms with van der Waals surface area (Å²) in [7, 11) is 4.17. The van der Waals surface area contributed by atoms with Crippen LogP contribution in [0, 0.1) is 0 Å². The minimum absolute atomic E-state index is 0.0416. The lowest BCUT2D eigenvalue weighted by atomic mass is 10.1. The highest BCUT2D eigenvalue weighted by Crippen LogP contribution is 2.36. The summed E-state index contributed by atoms with van der Waals surface area (Å²) in [5.74, 6) is -1.76. The van der Waals surface area contributed by atoms with Gasteiger partial charge in [-0.15, -0.1) is 0 Å². The van der Waals surface area contributed by atoms with Gasteiger partial charge in [-0.1, -0.05) is 0 Å². The number of hydrogen-bond acceptors (Lipinski definition) is 7. The third-order valence-corrected chi connectivity index (χ3v) is 4.31. The molecule has 1 aliphatic heterocycles. The van der Waals surface area contributed by atoms with Gasteiger partial charge in [-0.3, -0.25) is 0 Å². The Morgan fingerprint density at radius 2 is 1.75 bits per heavy atom. The zero-order valence-corrected chi connectivity index (χ0v) is 15.8. The number of methoxy groups -OCH3 is 2. The van der Waals surface area contributed by atoms with Crippen LogP contribution in [0.25, 0.3) is 0 Å². The van der Waals surface area contributed by atoms with Gasteiger partial charge < -0.3 is 24.6 Å². The molecule has 0 radical (unpaired) electrons. The van der Waals surface area contributed by atoms with Gasteiger partial charge in [0, 0.05) is 26.2 Å². The number of esters is 2. The summed E-state index contributed by atoms with van der Waals surface area (Å²) in [6.45, 7) is 2.68. The van der Waals surface area contributed by atoms with Crippen molar-refractivity contribution in [2.45, 2.75) is 6.18 Å². The Hall–Kier alpha value is -2.75. The number of benzene rings is 1. The van der Waals surface area contributed by atoms with Crippen LogP contribution in [0.5, 0.6) is 0 Å². The molecule has 0 bridgehead atoms. The van der Waals surface area contributed by atoms with Crippen LogP contribution in [0.3, 0.4) is 0 Å². The normalized spacial score (nSPS) is 15.9. The largest absolute Gasteiger partial charge is 0.466 e. The van der Waals surface area contributed by atoms with Gasteiger partial charge in [-0.05, 0) is 25.2 Å². The van der Waals surface area contributed by atoms with Gasteiger partial charge in [0.15, 0.2) is 0 Å². The summed E-state index contributed by atoms with van der Waals surface area (Å²) in [6, 6.07) is 3.24. The van der Waals surface area contributed by atoms with E-state index in [-0.39, 0.29) is 11.4 Å². The van der Waals surface area contributed by atoms with E-state index in [1.165, 1.54) is 6.07 Å². The second-order valence-electron chi connectivity index (χ2n) is 6.22. The van der Waals surface area contributed by atoms with Crippen molar-refractivity contribution in [2.24, 2.45) is 0 Å². The molecule has 1 saturated heterocycles. The van der Waals surface area contributed by atoms with Crippen molar-refractivity contribution >= 4 is 23.3 Å². The summed E-state index contributed by atoms with van der Waals surface area (Å²) in [6.07, 6.45) is -3.73. The van der Waals surface area contributed by atoms with Crippen LogP contribution in [-0.2, 0) is 25.2 Å². The van der Waals surface area contributed by atoms with Gasteiger partial charge in [0.1, 0.15) is 5.70 Å². The highest BCUT2D eigenvalue weighted by molar-refractivity contribution is 5.99. The first-order chi connectivity index (χ1) is 13.2. The van der Waals surface area contributed by atoms with Gasteiger partial charge in [0.2, 0.25) is 0 Å². The fourth-order valence-electron chi connectivity index (χ4n) is 2.71. The van der Waals surface area contributed by atoms with Gasteiger partial charge in [0.25, 0.3) is 0 Å². The topological polar surface area (TPSA) is 71.1 Å². The molecular formula is C18H22F3N3O4. The van der Waals surface area contributed by atoms with Crippen molar-refractivity contribution in [2.75, 3.05) is 57.7 Å². The third kappa shape index (κ3) is 5.38. The maximum atomic E-state index is 13.2. The second-order valence-corrected chi connectivity index (χ2v) is 6.22. The number of carbonyl (C=O) groups excluding carboxylic acids is 2. The molecule has 1 aliphatic rings. The molecule has 0 aromatic heterocycles. The van der Waals surface area contributed by atoms with Crippen molar-refractivity contribution in [3.05, 3.63) is 35.5 Å². The van der Waals surface area contributed by atoms with Crippen LogP contribution < -0.4 is 10.2 Å². The van der Waals surface area contributed by atoms with Crippen molar-refractivity contribution in [3.63, 3.8) is 0 Å². The lowest BCUT2D eigenvalue weighted by molar-refractivity contribution is -0.138. The molecule has 0 unspecified atom stereocenters. The molecular weight excluding hydrogens is 379 g/mol. The van der Waals surface area contributed by atoms with Gasteiger partial charge >= 0.3 is 18.1 Å². The zero-order chi connectivity index (χ0) is 20.9. The number of nitrogens with zero attached hydrogens (tertiary/aromatic N) is 2. The number of likely N-dealkylation sites (N-methyl/N-ethyl adjacent to an activating group) is 1. The Balaban J connectivity index is 2.46. The quantitative estimate of drug-likeness (QED) is 0.599. The monoisotopic (exact) mass is 401 g/mol. The van der Waals surface area contributed by atoms with Crippen LogP contribution in [0.15, 0.2) is 30.0 Å². The summed E-state index contributed by atoms with van der Waals surface area (Å²) in [5, 5.41) is 2.62. The van der Waals surface area contributed by atoms with Crippen molar-refractivity contribution in [3.8, 4) is 0 Å². The summed E-state index contributed by atoms with van der Waals surface area (Å²) >= 11 is 0. The average Bonchev–Trinajstić information content (AvgIpc) is 2.66. The lowest BCUT2D eigenvalue weighted by Crippen LogP contribution is -2.44. The van der Waals surface area contributed by atoms with Crippen LogP contribution >= 0.6 is 0 Å². The molecule has 28 heavy (non-hydrogen) atoms. The standard InChI is InChI=1S/C18H22F3N3O4/c1-23-6-8-24(9-7-23)15-5-4-12(18(19,20)21)10-13(15)22-14(17(26)28-3)11-16(25)27-2/h4-5,10-11,22H,6-9H2,1-3H3/b14-11+. The summed E-state index contributed by atoms with van der Waals surface area (Å²) in [4.78, 5) is 27.5. The maximum absolute atomic E-state index is 13.2. The SMILES string of the molecule is COC(=O)/C=C(/Nc1cc(C(F)(F)F)ccc1N1CCN(C)CC1)C(=O)OC. The first kappa shape index (κ1) is 21.5. The number of carbonyl (C=O) groups is 2. The van der Waals surface area contributed by atoms with E-state index >= 15 is 0 Å². The minimum Gasteiger partial charge on any atom is -0.466 e. The second kappa shape index (κ2) is 8.96. The van der Waals surface area contributed by atoms with Gasteiger partial charge in [-0.25, -0.2) is 9.59 Å². The Bertz CT molecular complexity index is 757. The number of nitrogens with one attached hydrogen (secondary N) is 1. The highest BCUT2D eigenvalue weighted by Gasteiger charge is 2.32. The molecule has 1 N–H and O–H groups in total. The molecule has 0 atom stereocenters. The number of halogens is 3. The smallest absolute Gasteiger partial charge is 0.416 e. The van der Waals surface area contributed by atoms with E-state index in [4.69, 9.17) is 0 Å². The lowest BCUT2D eigenvalue weighted by Gasteiger charge is -2.35. The fourth-order valence-corrected chi connectivity index (χ4v) is 2.71. The minimum atomic E-state index is -4.56. The van der Waals surface area contributed by atoms with E-state index in [2.05, 4.69) is 19.7 Å². The molecule has 7 nitrogen and oxygen atoms in total. The predicted molar refractivity (Wildman–Crippen MR) is 96.9 cm³/mol. The molecule has 154 valence electrons. The van der Waals surface area contributed by atoms with Crippen LogP contribution in [0.1, 0.15) is 5.56 Å². The Labute approximate surface area is 160 Å². The van der Waals surface area contributed by atoms with Crippen LogP contribution in [0.2, 0.25) is 0 Å². The molecule has 0 saturated carbocycles. The van der Waals surface area contributed by atoms with E-state index in [1.807, 2.05) is 11.9 Å². The number of anilines is 2. The molecule has 0 spiro atoms. The number of ether oxygens (including phenoxy) is 2. The van der Waals surface area contributed by atoms with Crippen LogP contribution in [0.4, 0.5) is 24.5 Å². The Kier molecular flexibility index (Phi) is 6.90. The first-order valence-electron chi connectivity index (χ1n) is 8.45. The third-order valence-electron chi connectivity index (χ3n) is 4.31. The van der Waals surface area contributed by atoms with E-state index in [0.717, 1.165) is 45.5 Å². The fraction of sp³-hybridized carbons (Fsp3) is 0.444. The van der Waals surface area contributed by atoms with E-state index < -0.39 is 23.7 Å². The molecule has 0 amide bonds. The molecule has 2 rings (SSSR count). The molecule has 10 heteroatoms. The zero-order valence-electron chi connectivity index (χ0n) is 15.8. The van der Waals surface area contributed by atoms with E-state index in [1.54, 1.807) is 0 Å². The average molecular weight is 401 g/mol. The molecule has 1 fully saturated rings. The number of alkyl halides is 3. The highest BCUT2D eigenvalue weighted by atomic mass is 19.4. The van der Waals surface area contributed by atoms with Crippen LogP contribution in [-0.4, -0.2) is 64.3 Å². The maximum Gasteiger partial charge on any atom is 0.416 e. The number of rotatable bonds is 5. The Morgan fingerprint density at radius 1 is 1.11 bits per heavy atom. The van der Waals surface area contributed by atoms with E-state index in [9.17, 15) is 22.8 Å². The number of hydrogen-bond donors (Lipinski definition) is 1. The number of piperazine rings is 1. The molecule has 1 aromatic carbocycles. The molecule has 1 aromatic rings. The first-order valence-corrected chi connectivity index (χ1v) is 8.45.